The van der Waals surface area contributed by atoms with Gasteiger partial charge in [-0.25, -0.2) is 0 Å². The Morgan fingerprint density at radius 1 is 1.37 bits per heavy atom. The third kappa shape index (κ3) is 8.09. The predicted molar refractivity (Wildman–Crippen MR) is 100 cm³/mol. The summed E-state index contributed by atoms with van der Waals surface area (Å²) in [5.41, 5.74) is 0.972. The summed E-state index contributed by atoms with van der Waals surface area (Å²) in [7, 11) is 1.93. The molecule has 1 aromatic carbocycles. The van der Waals surface area contributed by atoms with E-state index in [1.54, 1.807) is 24.3 Å². The van der Waals surface area contributed by atoms with Crippen LogP contribution < -0.4 is 10.1 Å². The third-order valence-electron chi connectivity index (χ3n) is 4.09. The van der Waals surface area contributed by atoms with Crippen molar-refractivity contribution < 1.29 is 23.0 Å². The van der Waals surface area contributed by atoms with Crippen LogP contribution in [0.3, 0.4) is 0 Å². The second kappa shape index (κ2) is 11.7. The molecule has 0 saturated carbocycles. The van der Waals surface area contributed by atoms with Crippen molar-refractivity contribution in [2.45, 2.75) is 39.0 Å². The number of hydrogen-bond donors (Lipinski definition) is 1. The second-order valence-electron chi connectivity index (χ2n) is 6.32. The van der Waals surface area contributed by atoms with E-state index >= 15 is 0 Å². The fourth-order valence-electron chi connectivity index (χ4n) is 2.80. The van der Waals surface area contributed by atoms with Crippen LogP contribution >= 0.6 is 0 Å². The standard InChI is InChI=1S/C19H29F2N3O3/c1-3-22-19(23-10-12-25-14-17-5-4-11-26-17)24(2)13-15-6-8-16(9-7-15)27-18(20)21/h6-9,17-18H,3-5,10-14H2,1-2H3,(H,22,23). The number of halogens is 2. The molecule has 27 heavy (non-hydrogen) atoms. The highest BCUT2D eigenvalue weighted by Gasteiger charge is 2.15. The number of nitrogens with one attached hydrogen (secondary N) is 1. The second-order valence-corrected chi connectivity index (χ2v) is 6.32. The van der Waals surface area contributed by atoms with Crippen LogP contribution in [0.2, 0.25) is 0 Å². The van der Waals surface area contributed by atoms with Crippen LogP contribution in [0.4, 0.5) is 8.78 Å². The smallest absolute Gasteiger partial charge is 0.387 e. The van der Waals surface area contributed by atoms with Gasteiger partial charge in [0.05, 0.1) is 25.9 Å². The molecule has 0 radical (unpaired) electrons. The summed E-state index contributed by atoms with van der Waals surface area (Å²) in [5, 5.41) is 3.24. The zero-order valence-corrected chi connectivity index (χ0v) is 16.0. The molecular weight excluding hydrogens is 356 g/mol. The lowest BCUT2D eigenvalue weighted by Gasteiger charge is -2.22. The Bertz CT molecular complexity index is 564. The molecule has 0 amide bonds. The molecule has 0 spiro atoms. The van der Waals surface area contributed by atoms with E-state index in [1.807, 2.05) is 18.9 Å². The van der Waals surface area contributed by atoms with E-state index in [1.165, 1.54) is 0 Å². The molecule has 0 aromatic heterocycles. The number of benzene rings is 1. The van der Waals surface area contributed by atoms with Crippen molar-refractivity contribution >= 4 is 5.96 Å². The van der Waals surface area contributed by atoms with Crippen molar-refractivity contribution in [3.05, 3.63) is 29.8 Å². The van der Waals surface area contributed by atoms with Crippen LogP contribution in [-0.2, 0) is 16.0 Å². The van der Waals surface area contributed by atoms with Gasteiger partial charge in [0.15, 0.2) is 5.96 Å². The maximum absolute atomic E-state index is 12.2. The lowest BCUT2D eigenvalue weighted by Crippen LogP contribution is -2.38. The Morgan fingerprint density at radius 3 is 2.78 bits per heavy atom. The minimum atomic E-state index is -2.81. The zero-order chi connectivity index (χ0) is 19.5. The Hall–Kier alpha value is -1.93. The van der Waals surface area contributed by atoms with Crippen molar-refractivity contribution in [1.29, 1.82) is 0 Å². The molecule has 1 aliphatic heterocycles. The highest BCUT2D eigenvalue weighted by Crippen LogP contribution is 2.16. The molecule has 6 nitrogen and oxygen atoms in total. The number of alkyl halides is 2. The summed E-state index contributed by atoms with van der Waals surface area (Å²) >= 11 is 0. The largest absolute Gasteiger partial charge is 0.435 e. The summed E-state index contributed by atoms with van der Waals surface area (Å²) in [6, 6.07) is 6.61. The van der Waals surface area contributed by atoms with Gasteiger partial charge in [0.1, 0.15) is 5.75 Å². The number of nitrogens with zero attached hydrogens (tertiary/aromatic N) is 2. The first-order valence-electron chi connectivity index (χ1n) is 9.31. The topological polar surface area (TPSA) is 55.3 Å². The average molecular weight is 385 g/mol. The van der Waals surface area contributed by atoms with E-state index in [9.17, 15) is 8.78 Å². The van der Waals surface area contributed by atoms with Crippen molar-refractivity contribution in [3.8, 4) is 5.75 Å². The Morgan fingerprint density at radius 2 is 2.15 bits per heavy atom. The van der Waals surface area contributed by atoms with Gasteiger partial charge in [-0.2, -0.15) is 8.78 Å². The molecule has 1 aromatic rings. The summed E-state index contributed by atoms with van der Waals surface area (Å²) in [6.07, 6.45) is 2.40. The van der Waals surface area contributed by atoms with Crippen LogP contribution in [0.1, 0.15) is 25.3 Å². The van der Waals surface area contributed by atoms with Crippen LogP contribution in [0.25, 0.3) is 0 Å². The minimum absolute atomic E-state index is 0.153. The maximum Gasteiger partial charge on any atom is 0.387 e. The zero-order valence-electron chi connectivity index (χ0n) is 16.0. The SMILES string of the molecule is CCNC(=NCCOCC1CCCO1)N(C)Cc1ccc(OC(F)F)cc1. The van der Waals surface area contributed by atoms with Gasteiger partial charge in [0.25, 0.3) is 0 Å². The van der Waals surface area contributed by atoms with Gasteiger partial charge in [-0.15, -0.1) is 0 Å². The summed E-state index contributed by atoms with van der Waals surface area (Å²) < 4.78 is 39.9. The van der Waals surface area contributed by atoms with E-state index in [-0.39, 0.29) is 11.9 Å². The molecule has 1 heterocycles. The van der Waals surface area contributed by atoms with E-state index < -0.39 is 6.61 Å². The average Bonchev–Trinajstić information content (AvgIpc) is 3.15. The summed E-state index contributed by atoms with van der Waals surface area (Å²) in [6.45, 7) is 3.09. The molecule has 1 fully saturated rings. The minimum Gasteiger partial charge on any atom is -0.435 e. The number of aliphatic imine (C=N–C) groups is 1. The van der Waals surface area contributed by atoms with Gasteiger partial charge in [-0.1, -0.05) is 12.1 Å². The van der Waals surface area contributed by atoms with Crippen LogP contribution in [0, 0.1) is 0 Å². The molecule has 1 atom stereocenters. The van der Waals surface area contributed by atoms with Gasteiger partial charge in [0, 0.05) is 26.7 Å². The maximum atomic E-state index is 12.2. The Kier molecular flexibility index (Phi) is 9.27. The third-order valence-corrected chi connectivity index (χ3v) is 4.09. The van der Waals surface area contributed by atoms with Crippen molar-refractivity contribution in [3.63, 3.8) is 0 Å². The van der Waals surface area contributed by atoms with Crippen LogP contribution in [-0.4, -0.2) is 63.5 Å². The van der Waals surface area contributed by atoms with Gasteiger partial charge < -0.3 is 24.4 Å². The molecule has 152 valence electrons. The summed E-state index contributed by atoms with van der Waals surface area (Å²) in [5.74, 6) is 0.923. The molecule has 1 N–H and O–H groups in total. The molecule has 2 rings (SSSR count). The van der Waals surface area contributed by atoms with Crippen LogP contribution in [0.5, 0.6) is 5.75 Å². The number of hydrogen-bond acceptors (Lipinski definition) is 4. The van der Waals surface area contributed by atoms with E-state index in [0.29, 0.717) is 26.3 Å². The van der Waals surface area contributed by atoms with Crippen molar-refractivity contribution in [1.82, 2.24) is 10.2 Å². The number of ether oxygens (including phenoxy) is 3. The lowest BCUT2D eigenvalue weighted by atomic mass is 10.2. The highest BCUT2D eigenvalue weighted by molar-refractivity contribution is 5.79. The summed E-state index contributed by atoms with van der Waals surface area (Å²) in [4.78, 5) is 6.55. The quantitative estimate of drug-likeness (QED) is 0.381. The first-order chi connectivity index (χ1) is 13.1. The van der Waals surface area contributed by atoms with Gasteiger partial charge >= 0.3 is 6.61 Å². The van der Waals surface area contributed by atoms with Gasteiger partial charge in [0.2, 0.25) is 0 Å². The molecule has 1 saturated heterocycles. The molecule has 1 aliphatic rings. The normalized spacial score (nSPS) is 17.4. The van der Waals surface area contributed by atoms with Gasteiger partial charge in [-0.3, -0.25) is 4.99 Å². The fraction of sp³-hybridized carbons (Fsp3) is 0.632. The van der Waals surface area contributed by atoms with E-state index in [4.69, 9.17) is 9.47 Å². The Balaban J connectivity index is 1.78. The molecule has 0 bridgehead atoms. The van der Waals surface area contributed by atoms with Crippen molar-refractivity contribution in [2.24, 2.45) is 4.99 Å². The first-order valence-corrected chi connectivity index (χ1v) is 9.31. The highest BCUT2D eigenvalue weighted by atomic mass is 19.3. The first kappa shape index (κ1) is 21.4. The number of guanidine groups is 1. The van der Waals surface area contributed by atoms with Crippen LogP contribution in [0.15, 0.2) is 29.3 Å². The monoisotopic (exact) mass is 385 g/mol. The van der Waals surface area contributed by atoms with Crippen molar-refractivity contribution in [2.75, 3.05) is 40.0 Å². The Labute approximate surface area is 159 Å². The van der Waals surface area contributed by atoms with E-state index in [2.05, 4.69) is 15.0 Å². The lowest BCUT2D eigenvalue weighted by molar-refractivity contribution is -0.0498. The molecule has 1 unspecified atom stereocenters. The predicted octanol–water partition coefficient (Wildman–Crippen LogP) is 2.88. The number of rotatable bonds is 10. The van der Waals surface area contributed by atoms with Gasteiger partial charge in [-0.05, 0) is 37.5 Å². The molecule has 8 heteroatoms. The van der Waals surface area contributed by atoms with E-state index in [0.717, 1.165) is 37.5 Å². The molecular formula is C19H29F2N3O3. The molecule has 0 aliphatic carbocycles. The fourth-order valence-corrected chi connectivity index (χ4v) is 2.80.